The van der Waals surface area contributed by atoms with E-state index in [1.807, 2.05) is 11.8 Å². The van der Waals surface area contributed by atoms with E-state index >= 15 is 0 Å². The van der Waals surface area contributed by atoms with Crippen molar-refractivity contribution in [1.82, 2.24) is 4.98 Å². The molecule has 0 saturated heterocycles. The van der Waals surface area contributed by atoms with Gasteiger partial charge in [-0.3, -0.25) is 14.9 Å². The molecule has 0 bridgehead atoms. The van der Waals surface area contributed by atoms with Crippen LogP contribution in [0.3, 0.4) is 0 Å². The van der Waals surface area contributed by atoms with Gasteiger partial charge in [0.15, 0.2) is 0 Å². The predicted octanol–water partition coefficient (Wildman–Crippen LogP) is 1.66. The van der Waals surface area contributed by atoms with Crippen molar-refractivity contribution in [2.45, 2.75) is 32.2 Å². The van der Waals surface area contributed by atoms with Gasteiger partial charge < -0.3 is 9.88 Å². The number of nitrogens with one attached hydrogen (secondary N) is 1. The van der Waals surface area contributed by atoms with Crippen LogP contribution in [0.4, 0.5) is 11.4 Å². The third kappa shape index (κ3) is 2.30. The van der Waals surface area contributed by atoms with Crippen molar-refractivity contribution in [2.24, 2.45) is 0 Å². The second-order valence-electron chi connectivity index (χ2n) is 4.22. The van der Waals surface area contributed by atoms with Crippen molar-refractivity contribution < 1.29 is 4.92 Å². The van der Waals surface area contributed by atoms with Gasteiger partial charge in [0.05, 0.1) is 4.92 Å². The van der Waals surface area contributed by atoms with Crippen LogP contribution in [0.1, 0.15) is 26.2 Å². The number of H-pyrrole nitrogens is 1. The van der Waals surface area contributed by atoms with Crippen LogP contribution in [0, 0.1) is 10.1 Å². The van der Waals surface area contributed by atoms with Gasteiger partial charge in [-0.25, -0.2) is 0 Å². The smallest absolute Gasteiger partial charge is 0.356 e. The van der Waals surface area contributed by atoms with Crippen LogP contribution >= 0.6 is 0 Å². The van der Waals surface area contributed by atoms with Crippen molar-refractivity contribution in [3.05, 3.63) is 32.7 Å². The molecule has 17 heavy (non-hydrogen) atoms. The van der Waals surface area contributed by atoms with Gasteiger partial charge in [-0.05, 0) is 25.3 Å². The average Bonchev–Trinajstić information content (AvgIpc) is 3.08. The molecule has 6 heteroatoms. The van der Waals surface area contributed by atoms with E-state index in [9.17, 15) is 14.9 Å². The molecule has 1 aromatic rings. The molecule has 1 saturated carbocycles. The number of aromatic amines is 1. The van der Waals surface area contributed by atoms with Crippen molar-refractivity contribution >= 4 is 11.4 Å². The molecule has 1 fully saturated rings. The molecule has 0 atom stereocenters. The summed E-state index contributed by atoms with van der Waals surface area (Å²) in [5.74, 6) is 0. The average molecular weight is 237 g/mol. The van der Waals surface area contributed by atoms with E-state index < -0.39 is 10.5 Å². The minimum atomic E-state index is -0.630. The fourth-order valence-electron chi connectivity index (χ4n) is 1.99. The Bertz CT molecular complexity index is 479. The first-order chi connectivity index (χ1) is 8.15. The number of aromatic nitrogens is 1. The normalized spacial score (nSPS) is 14.6. The van der Waals surface area contributed by atoms with Gasteiger partial charge in [0.25, 0.3) is 0 Å². The highest BCUT2D eigenvalue weighted by molar-refractivity contribution is 5.62. The molecule has 92 valence electrons. The van der Waals surface area contributed by atoms with Crippen LogP contribution in [-0.2, 0) is 0 Å². The molecule has 2 rings (SSSR count). The molecule has 1 heterocycles. The van der Waals surface area contributed by atoms with E-state index in [0.29, 0.717) is 11.7 Å². The fourth-order valence-corrected chi connectivity index (χ4v) is 1.99. The van der Waals surface area contributed by atoms with Crippen LogP contribution in [0.2, 0.25) is 0 Å². The summed E-state index contributed by atoms with van der Waals surface area (Å²) in [4.78, 5) is 26.2. The Balaban J connectivity index is 2.45. The summed E-state index contributed by atoms with van der Waals surface area (Å²) >= 11 is 0. The van der Waals surface area contributed by atoms with Crippen molar-refractivity contribution in [3.8, 4) is 0 Å². The predicted molar refractivity (Wildman–Crippen MR) is 64.4 cm³/mol. The summed E-state index contributed by atoms with van der Waals surface area (Å²) in [6.45, 7) is 2.77. The number of hydrogen-bond acceptors (Lipinski definition) is 4. The Hall–Kier alpha value is -1.85. The van der Waals surface area contributed by atoms with Gasteiger partial charge >= 0.3 is 11.2 Å². The van der Waals surface area contributed by atoms with E-state index in [1.165, 1.54) is 6.20 Å². The van der Waals surface area contributed by atoms with E-state index in [1.54, 1.807) is 6.07 Å². The highest BCUT2D eigenvalue weighted by atomic mass is 16.6. The van der Waals surface area contributed by atoms with Gasteiger partial charge in [-0.15, -0.1) is 0 Å². The first kappa shape index (κ1) is 11.6. The van der Waals surface area contributed by atoms with E-state index in [4.69, 9.17) is 0 Å². The van der Waals surface area contributed by atoms with Crippen molar-refractivity contribution in [1.29, 1.82) is 0 Å². The maximum Gasteiger partial charge on any atom is 0.356 e. The number of hydrogen-bond donors (Lipinski definition) is 1. The van der Waals surface area contributed by atoms with E-state index in [0.717, 1.165) is 25.8 Å². The molecule has 0 aliphatic heterocycles. The van der Waals surface area contributed by atoms with Crippen LogP contribution in [0.5, 0.6) is 0 Å². The Morgan fingerprint density at radius 1 is 1.59 bits per heavy atom. The Labute approximate surface area is 98.4 Å². The molecule has 0 unspecified atom stereocenters. The lowest BCUT2D eigenvalue weighted by molar-refractivity contribution is -0.385. The van der Waals surface area contributed by atoms with Gasteiger partial charge in [-0.2, -0.15) is 0 Å². The lowest BCUT2D eigenvalue weighted by Gasteiger charge is -2.23. The summed E-state index contributed by atoms with van der Waals surface area (Å²) in [6.07, 6.45) is 4.46. The first-order valence-electron chi connectivity index (χ1n) is 5.78. The molecule has 0 aromatic carbocycles. The number of nitrogens with zero attached hydrogens (tertiary/aromatic N) is 2. The largest absolute Gasteiger partial charge is 0.363 e. The summed E-state index contributed by atoms with van der Waals surface area (Å²) in [5, 5.41) is 11.0. The lowest BCUT2D eigenvalue weighted by Crippen LogP contribution is -2.29. The summed E-state index contributed by atoms with van der Waals surface area (Å²) in [6, 6.07) is 1.98. The lowest BCUT2D eigenvalue weighted by atomic mass is 10.2. The second kappa shape index (κ2) is 4.57. The van der Waals surface area contributed by atoms with E-state index in [2.05, 4.69) is 4.98 Å². The minimum absolute atomic E-state index is 0.340. The summed E-state index contributed by atoms with van der Waals surface area (Å²) in [5.41, 5.74) is -0.523. The van der Waals surface area contributed by atoms with Gasteiger partial charge in [0, 0.05) is 18.8 Å². The standard InChI is InChI=1S/C11H15N3O3/c1-2-7-13(8-3-4-8)9-5-6-12-11(15)10(9)14(16)17/h5-6,8H,2-4,7H2,1H3,(H,12,15). The second-order valence-corrected chi connectivity index (χ2v) is 4.22. The van der Waals surface area contributed by atoms with Crippen LogP contribution in [0.15, 0.2) is 17.1 Å². The molecule has 1 aliphatic carbocycles. The topological polar surface area (TPSA) is 79.2 Å². The Morgan fingerprint density at radius 3 is 2.82 bits per heavy atom. The van der Waals surface area contributed by atoms with E-state index in [-0.39, 0.29) is 5.69 Å². The molecule has 1 aromatic heterocycles. The Kier molecular flexibility index (Phi) is 3.12. The maximum atomic E-state index is 11.5. The number of anilines is 1. The number of nitro groups is 1. The molecule has 1 N–H and O–H groups in total. The van der Waals surface area contributed by atoms with Crippen LogP contribution < -0.4 is 10.5 Å². The molecular formula is C11H15N3O3. The highest BCUT2D eigenvalue weighted by Crippen LogP contribution is 2.34. The molecule has 0 amide bonds. The van der Waals surface area contributed by atoms with Gasteiger partial charge in [0.1, 0.15) is 5.69 Å². The van der Waals surface area contributed by atoms with Gasteiger partial charge in [-0.1, -0.05) is 6.92 Å². The molecule has 1 aliphatic rings. The fraction of sp³-hybridized carbons (Fsp3) is 0.545. The zero-order chi connectivity index (χ0) is 12.4. The number of pyridine rings is 1. The molecule has 6 nitrogen and oxygen atoms in total. The Morgan fingerprint density at radius 2 is 2.29 bits per heavy atom. The van der Waals surface area contributed by atoms with Crippen molar-refractivity contribution in [3.63, 3.8) is 0 Å². The summed E-state index contributed by atoms with van der Waals surface area (Å²) in [7, 11) is 0. The molecule has 0 radical (unpaired) electrons. The third-order valence-electron chi connectivity index (χ3n) is 2.86. The monoisotopic (exact) mass is 237 g/mol. The zero-order valence-corrected chi connectivity index (χ0v) is 9.68. The minimum Gasteiger partial charge on any atom is -0.363 e. The van der Waals surface area contributed by atoms with Crippen LogP contribution in [0.25, 0.3) is 0 Å². The maximum absolute atomic E-state index is 11.5. The molecule has 0 spiro atoms. The zero-order valence-electron chi connectivity index (χ0n) is 9.68. The third-order valence-corrected chi connectivity index (χ3v) is 2.86. The van der Waals surface area contributed by atoms with Gasteiger partial charge in [0.2, 0.25) is 0 Å². The highest BCUT2D eigenvalue weighted by Gasteiger charge is 2.33. The first-order valence-corrected chi connectivity index (χ1v) is 5.78. The van der Waals surface area contributed by atoms with Crippen molar-refractivity contribution in [2.75, 3.05) is 11.4 Å². The molecular weight excluding hydrogens is 222 g/mol. The summed E-state index contributed by atoms with van der Waals surface area (Å²) < 4.78 is 0. The SMILES string of the molecule is CCCN(c1cc[nH]c(=O)c1[N+](=O)[O-])C1CC1. The van der Waals surface area contributed by atoms with Crippen LogP contribution in [-0.4, -0.2) is 22.5 Å². The number of rotatable bonds is 5. The quantitative estimate of drug-likeness (QED) is 0.624.